The van der Waals surface area contributed by atoms with Crippen molar-refractivity contribution in [1.82, 2.24) is 9.97 Å². The average Bonchev–Trinajstić information content (AvgIpc) is 2.55. The largest absolute Gasteiger partial charge is 0.495 e. The van der Waals surface area contributed by atoms with E-state index in [2.05, 4.69) is 20.6 Å². The van der Waals surface area contributed by atoms with Crippen LogP contribution in [0.5, 0.6) is 11.5 Å². The summed E-state index contributed by atoms with van der Waals surface area (Å²) >= 11 is 6.03. The third-order valence-electron chi connectivity index (χ3n) is 2.73. The number of nitrogens with one attached hydrogen (secondary N) is 2. The summed E-state index contributed by atoms with van der Waals surface area (Å²) in [5.74, 6) is 1.000. The second-order valence-electron chi connectivity index (χ2n) is 4.16. The van der Waals surface area contributed by atoms with Gasteiger partial charge in [0.15, 0.2) is 11.5 Å². The van der Waals surface area contributed by atoms with Crippen LogP contribution in [0.2, 0.25) is 5.02 Å². The van der Waals surface area contributed by atoms with Crippen LogP contribution in [0, 0.1) is 11.3 Å². The van der Waals surface area contributed by atoms with Crippen LogP contribution < -0.4 is 20.1 Å². The van der Waals surface area contributed by atoms with Crippen LogP contribution in [0.25, 0.3) is 0 Å². The lowest BCUT2D eigenvalue weighted by Gasteiger charge is -2.13. The van der Waals surface area contributed by atoms with E-state index >= 15 is 0 Å². The van der Waals surface area contributed by atoms with Gasteiger partial charge in [-0.05, 0) is 6.07 Å². The monoisotopic (exact) mass is 333 g/mol. The molecule has 0 radical (unpaired) electrons. The fourth-order valence-electron chi connectivity index (χ4n) is 1.68. The van der Waals surface area contributed by atoms with E-state index in [9.17, 15) is 4.79 Å². The molecule has 0 saturated heterocycles. The zero-order valence-electron chi connectivity index (χ0n) is 12.3. The zero-order valence-corrected chi connectivity index (χ0v) is 13.0. The zero-order chi connectivity index (χ0) is 16.8. The van der Waals surface area contributed by atoms with Gasteiger partial charge in [-0.1, -0.05) is 11.6 Å². The van der Waals surface area contributed by atoms with Crippen LogP contribution in [0.1, 0.15) is 5.69 Å². The third-order valence-corrected chi connectivity index (χ3v) is 3.03. The molecule has 0 aliphatic rings. The Morgan fingerprint density at radius 2 is 1.91 bits per heavy atom. The topological polar surface area (TPSA) is 109 Å². The Bertz CT molecular complexity index is 758. The highest BCUT2D eigenvalue weighted by molar-refractivity contribution is 6.32. The molecule has 0 aliphatic heterocycles. The fourth-order valence-corrected chi connectivity index (χ4v) is 1.92. The summed E-state index contributed by atoms with van der Waals surface area (Å²) in [7, 11) is 2.93. The molecular weight excluding hydrogens is 322 g/mol. The molecule has 2 aromatic rings. The van der Waals surface area contributed by atoms with E-state index in [0.29, 0.717) is 22.2 Å². The molecular formula is C14H12ClN5O3. The lowest BCUT2D eigenvalue weighted by Crippen LogP contribution is -2.20. The number of halogens is 1. The van der Waals surface area contributed by atoms with Crippen molar-refractivity contribution in [3.63, 3.8) is 0 Å². The SMILES string of the molecule is COc1cc(OC)c(NC(=O)Nc2cnc(C#N)cn2)cc1Cl. The number of urea groups is 1. The molecule has 0 saturated carbocycles. The maximum absolute atomic E-state index is 12.0. The Labute approximate surface area is 137 Å². The van der Waals surface area contributed by atoms with Gasteiger partial charge in [-0.15, -0.1) is 0 Å². The molecule has 1 aromatic heterocycles. The number of benzene rings is 1. The summed E-state index contributed by atoms with van der Waals surface area (Å²) in [4.78, 5) is 19.7. The molecule has 1 heterocycles. The van der Waals surface area contributed by atoms with Gasteiger partial charge >= 0.3 is 6.03 Å². The number of nitriles is 1. The van der Waals surface area contributed by atoms with Crippen molar-refractivity contribution in [3.05, 3.63) is 35.2 Å². The Morgan fingerprint density at radius 3 is 2.48 bits per heavy atom. The number of amides is 2. The quantitative estimate of drug-likeness (QED) is 0.890. The summed E-state index contributed by atoms with van der Waals surface area (Å²) in [5.41, 5.74) is 0.511. The van der Waals surface area contributed by atoms with E-state index in [1.54, 1.807) is 6.07 Å². The van der Waals surface area contributed by atoms with Gasteiger partial charge < -0.3 is 14.8 Å². The second kappa shape index (κ2) is 7.29. The van der Waals surface area contributed by atoms with Crippen molar-refractivity contribution >= 4 is 29.1 Å². The minimum absolute atomic E-state index is 0.152. The Hall–Kier alpha value is -3.05. The van der Waals surface area contributed by atoms with Crippen molar-refractivity contribution in [2.45, 2.75) is 0 Å². The minimum atomic E-state index is -0.566. The van der Waals surface area contributed by atoms with E-state index in [-0.39, 0.29) is 11.5 Å². The molecule has 0 aliphatic carbocycles. The summed E-state index contributed by atoms with van der Waals surface area (Å²) in [6, 6.07) is 4.33. The Morgan fingerprint density at radius 1 is 1.17 bits per heavy atom. The fraction of sp³-hybridized carbons (Fsp3) is 0.143. The van der Waals surface area contributed by atoms with Gasteiger partial charge in [0, 0.05) is 6.07 Å². The number of methoxy groups -OCH3 is 2. The number of rotatable bonds is 4. The molecule has 118 valence electrons. The number of ether oxygens (including phenoxy) is 2. The first kappa shape index (κ1) is 16.3. The highest BCUT2D eigenvalue weighted by atomic mass is 35.5. The van der Waals surface area contributed by atoms with E-state index in [0.717, 1.165) is 0 Å². The van der Waals surface area contributed by atoms with Gasteiger partial charge in [0.25, 0.3) is 0 Å². The lowest BCUT2D eigenvalue weighted by atomic mass is 10.2. The molecule has 2 N–H and O–H groups in total. The van der Waals surface area contributed by atoms with Crippen molar-refractivity contribution in [2.75, 3.05) is 24.9 Å². The highest BCUT2D eigenvalue weighted by Crippen LogP contribution is 2.35. The smallest absolute Gasteiger partial charge is 0.325 e. The van der Waals surface area contributed by atoms with Crippen LogP contribution in [-0.4, -0.2) is 30.2 Å². The standard InChI is InChI=1S/C14H12ClN5O3/c1-22-11-4-12(23-2)10(3-9(11)15)19-14(21)20-13-7-17-8(5-16)6-18-13/h3-4,6-7H,1-2H3,(H2,18,19,20,21). The van der Waals surface area contributed by atoms with E-state index in [1.165, 1.54) is 32.7 Å². The summed E-state index contributed by atoms with van der Waals surface area (Å²) in [6.07, 6.45) is 2.52. The van der Waals surface area contributed by atoms with Crippen molar-refractivity contribution in [2.24, 2.45) is 0 Å². The molecule has 0 atom stereocenters. The molecule has 0 spiro atoms. The van der Waals surface area contributed by atoms with E-state index in [4.69, 9.17) is 26.3 Å². The molecule has 2 amide bonds. The minimum Gasteiger partial charge on any atom is -0.495 e. The molecule has 9 heteroatoms. The molecule has 0 fully saturated rings. The summed E-state index contributed by atoms with van der Waals surface area (Å²) < 4.78 is 10.3. The molecule has 0 bridgehead atoms. The van der Waals surface area contributed by atoms with Crippen LogP contribution in [0.3, 0.4) is 0 Å². The molecule has 23 heavy (non-hydrogen) atoms. The predicted octanol–water partition coefficient (Wildman–Crippen LogP) is 2.66. The maximum Gasteiger partial charge on any atom is 0.325 e. The number of anilines is 2. The highest BCUT2D eigenvalue weighted by Gasteiger charge is 2.13. The Balaban J connectivity index is 2.13. The van der Waals surface area contributed by atoms with Gasteiger partial charge in [-0.2, -0.15) is 5.26 Å². The van der Waals surface area contributed by atoms with E-state index in [1.807, 2.05) is 6.07 Å². The lowest BCUT2D eigenvalue weighted by molar-refractivity contribution is 0.262. The first-order valence-corrected chi connectivity index (χ1v) is 6.67. The predicted molar refractivity (Wildman–Crippen MR) is 83.9 cm³/mol. The van der Waals surface area contributed by atoms with Crippen molar-refractivity contribution in [3.8, 4) is 17.6 Å². The van der Waals surface area contributed by atoms with Crippen molar-refractivity contribution in [1.29, 1.82) is 5.26 Å². The first-order valence-electron chi connectivity index (χ1n) is 6.29. The van der Waals surface area contributed by atoms with Crippen molar-refractivity contribution < 1.29 is 14.3 Å². The Kier molecular flexibility index (Phi) is 5.17. The van der Waals surface area contributed by atoms with Crippen LogP contribution in [-0.2, 0) is 0 Å². The van der Waals surface area contributed by atoms with Crippen LogP contribution in [0.15, 0.2) is 24.5 Å². The van der Waals surface area contributed by atoms with Gasteiger partial charge in [0.1, 0.15) is 17.6 Å². The third kappa shape index (κ3) is 3.99. The second-order valence-corrected chi connectivity index (χ2v) is 4.57. The van der Waals surface area contributed by atoms with Crippen LogP contribution >= 0.6 is 11.6 Å². The summed E-state index contributed by atoms with van der Waals surface area (Å²) in [5, 5.41) is 14.0. The molecule has 0 unspecified atom stereocenters. The first-order chi connectivity index (χ1) is 11.1. The average molecular weight is 334 g/mol. The van der Waals surface area contributed by atoms with E-state index < -0.39 is 6.03 Å². The molecule has 8 nitrogen and oxygen atoms in total. The molecule has 1 aromatic carbocycles. The number of aromatic nitrogens is 2. The summed E-state index contributed by atoms with van der Waals surface area (Å²) in [6.45, 7) is 0. The number of hydrogen-bond donors (Lipinski definition) is 2. The van der Waals surface area contributed by atoms with Gasteiger partial charge in [-0.25, -0.2) is 14.8 Å². The van der Waals surface area contributed by atoms with Gasteiger partial charge in [0.05, 0.1) is 37.3 Å². The van der Waals surface area contributed by atoms with Crippen LogP contribution in [0.4, 0.5) is 16.3 Å². The maximum atomic E-state index is 12.0. The molecule has 2 rings (SSSR count). The number of hydrogen-bond acceptors (Lipinski definition) is 6. The van der Waals surface area contributed by atoms with Gasteiger partial charge in [0.2, 0.25) is 0 Å². The number of carbonyl (C=O) groups is 1. The number of carbonyl (C=O) groups excluding carboxylic acids is 1. The number of nitrogens with zero attached hydrogens (tertiary/aromatic N) is 3. The normalized spacial score (nSPS) is 9.65. The van der Waals surface area contributed by atoms with Gasteiger partial charge in [-0.3, -0.25) is 5.32 Å².